The highest BCUT2D eigenvalue weighted by Gasteiger charge is 2.49. The highest BCUT2D eigenvalue weighted by Crippen LogP contribution is 2.38. The first-order valence-electron chi connectivity index (χ1n) is 8.41. The van der Waals surface area contributed by atoms with Crippen molar-refractivity contribution < 1.29 is 0 Å². The van der Waals surface area contributed by atoms with Gasteiger partial charge in [0.15, 0.2) is 0 Å². The molecule has 0 aromatic heterocycles. The first-order chi connectivity index (χ1) is 9.19. The maximum atomic E-state index is 2.82. The van der Waals surface area contributed by atoms with Gasteiger partial charge in [-0.1, -0.05) is 6.92 Å². The van der Waals surface area contributed by atoms with E-state index < -0.39 is 0 Å². The average Bonchev–Trinajstić information content (AvgIpc) is 3.20. The molecule has 0 radical (unpaired) electrons. The Morgan fingerprint density at radius 2 is 1.74 bits per heavy atom. The van der Waals surface area contributed by atoms with Crippen LogP contribution in [0.15, 0.2) is 0 Å². The monoisotopic (exact) mass is 265 g/mol. The van der Waals surface area contributed by atoms with Gasteiger partial charge in [-0.05, 0) is 58.7 Å². The molecular formula is C16H31N3. The first kappa shape index (κ1) is 13.8. The lowest BCUT2D eigenvalue weighted by molar-refractivity contribution is 0.0787. The maximum absolute atomic E-state index is 2.82. The highest BCUT2D eigenvalue weighted by atomic mass is 15.4. The minimum absolute atomic E-state index is 0.741. The SMILES string of the molecule is CCN1CCC(CN2CCN(C(C)C)C3CC32)CC1. The van der Waals surface area contributed by atoms with Crippen molar-refractivity contribution in [2.75, 3.05) is 39.3 Å². The molecule has 0 N–H and O–H groups in total. The molecule has 1 saturated carbocycles. The van der Waals surface area contributed by atoms with Crippen molar-refractivity contribution in [3.8, 4) is 0 Å². The first-order valence-corrected chi connectivity index (χ1v) is 8.41. The van der Waals surface area contributed by atoms with Gasteiger partial charge in [0.1, 0.15) is 0 Å². The van der Waals surface area contributed by atoms with Gasteiger partial charge in [-0.2, -0.15) is 0 Å². The predicted octanol–water partition coefficient (Wildman–Crippen LogP) is 1.89. The van der Waals surface area contributed by atoms with E-state index in [1.165, 1.54) is 58.5 Å². The summed E-state index contributed by atoms with van der Waals surface area (Å²) in [5.41, 5.74) is 0. The maximum Gasteiger partial charge on any atom is 0.0270 e. The van der Waals surface area contributed by atoms with Crippen molar-refractivity contribution in [3.05, 3.63) is 0 Å². The average molecular weight is 265 g/mol. The molecule has 3 aliphatic rings. The van der Waals surface area contributed by atoms with E-state index in [4.69, 9.17) is 0 Å². The number of likely N-dealkylation sites (tertiary alicyclic amines) is 1. The van der Waals surface area contributed by atoms with E-state index >= 15 is 0 Å². The Hall–Kier alpha value is -0.120. The summed E-state index contributed by atoms with van der Waals surface area (Å²) < 4.78 is 0. The summed E-state index contributed by atoms with van der Waals surface area (Å²) in [5.74, 6) is 0.967. The number of hydrogen-bond donors (Lipinski definition) is 0. The molecule has 2 atom stereocenters. The van der Waals surface area contributed by atoms with Crippen LogP contribution < -0.4 is 0 Å². The fourth-order valence-electron chi connectivity index (χ4n) is 4.18. The molecule has 2 unspecified atom stereocenters. The number of hydrogen-bond acceptors (Lipinski definition) is 3. The van der Waals surface area contributed by atoms with Gasteiger partial charge < -0.3 is 4.90 Å². The molecule has 2 aliphatic heterocycles. The lowest BCUT2D eigenvalue weighted by atomic mass is 9.96. The third-order valence-corrected chi connectivity index (χ3v) is 5.57. The Labute approximate surface area is 118 Å². The minimum atomic E-state index is 0.741. The Morgan fingerprint density at radius 1 is 1.00 bits per heavy atom. The van der Waals surface area contributed by atoms with Crippen LogP contribution >= 0.6 is 0 Å². The summed E-state index contributed by atoms with van der Waals surface area (Å²) in [5, 5.41) is 0. The van der Waals surface area contributed by atoms with Gasteiger partial charge in [-0.25, -0.2) is 0 Å². The Morgan fingerprint density at radius 3 is 2.37 bits per heavy atom. The summed E-state index contributed by atoms with van der Waals surface area (Å²) >= 11 is 0. The smallest absolute Gasteiger partial charge is 0.0270 e. The van der Waals surface area contributed by atoms with Crippen molar-refractivity contribution in [3.63, 3.8) is 0 Å². The van der Waals surface area contributed by atoms with Gasteiger partial charge >= 0.3 is 0 Å². The molecule has 3 rings (SSSR count). The molecule has 2 heterocycles. The zero-order valence-corrected chi connectivity index (χ0v) is 13.0. The van der Waals surface area contributed by atoms with E-state index in [1.54, 1.807) is 0 Å². The van der Waals surface area contributed by atoms with E-state index in [9.17, 15) is 0 Å². The zero-order chi connectivity index (χ0) is 13.4. The van der Waals surface area contributed by atoms with Crippen LogP contribution in [-0.2, 0) is 0 Å². The second kappa shape index (κ2) is 5.71. The normalized spacial score (nSPS) is 34.7. The molecule has 0 bridgehead atoms. The van der Waals surface area contributed by atoms with Crippen LogP contribution in [0.4, 0.5) is 0 Å². The van der Waals surface area contributed by atoms with Crippen LogP contribution in [0.2, 0.25) is 0 Å². The lowest BCUT2D eigenvalue weighted by Gasteiger charge is -2.39. The van der Waals surface area contributed by atoms with Crippen LogP contribution in [0.3, 0.4) is 0 Å². The van der Waals surface area contributed by atoms with Gasteiger partial charge in [0, 0.05) is 37.8 Å². The molecule has 3 nitrogen and oxygen atoms in total. The van der Waals surface area contributed by atoms with Gasteiger partial charge in [0.05, 0.1) is 0 Å². The fourth-order valence-corrected chi connectivity index (χ4v) is 4.18. The van der Waals surface area contributed by atoms with Gasteiger partial charge in [-0.3, -0.25) is 9.80 Å². The third-order valence-electron chi connectivity index (χ3n) is 5.57. The molecule has 0 amide bonds. The van der Waals surface area contributed by atoms with E-state index in [0.717, 1.165) is 24.0 Å². The number of piperidine rings is 1. The minimum Gasteiger partial charge on any atom is -0.304 e. The quantitative estimate of drug-likeness (QED) is 0.768. The third kappa shape index (κ3) is 2.98. The Balaban J connectivity index is 1.45. The summed E-state index contributed by atoms with van der Waals surface area (Å²) in [7, 11) is 0. The Kier molecular flexibility index (Phi) is 4.16. The summed E-state index contributed by atoms with van der Waals surface area (Å²) in [6, 6.07) is 2.54. The van der Waals surface area contributed by atoms with E-state index in [0.29, 0.717) is 0 Å². The topological polar surface area (TPSA) is 9.72 Å². The molecule has 1 aliphatic carbocycles. The van der Waals surface area contributed by atoms with Crippen molar-refractivity contribution in [1.29, 1.82) is 0 Å². The van der Waals surface area contributed by atoms with Crippen LogP contribution in [-0.4, -0.2) is 72.1 Å². The summed E-state index contributed by atoms with van der Waals surface area (Å²) in [4.78, 5) is 8.14. The van der Waals surface area contributed by atoms with E-state index in [-0.39, 0.29) is 0 Å². The molecule has 19 heavy (non-hydrogen) atoms. The molecular weight excluding hydrogens is 234 g/mol. The summed E-state index contributed by atoms with van der Waals surface area (Å²) in [6.07, 6.45) is 4.29. The zero-order valence-electron chi connectivity index (χ0n) is 13.0. The van der Waals surface area contributed by atoms with Gasteiger partial charge in [0.25, 0.3) is 0 Å². The number of fused-ring (bicyclic) bond motifs is 1. The van der Waals surface area contributed by atoms with Crippen molar-refractivity contribution in [2.24, 2.45) is 5.92 Å². The van der Waals surface area contributed by atoms with E-state index in [2.05, 4.69) is 35.5 Å². The van der Waals surface area contributed by atoms with Crippen LogP contribution in [0.25, 0.3) is 0 Å². The molecule has 3 heteroatoms. The lowest BCUT2D eigenvalue weighted by Crippen LogP contribution is -2.50. The largest absolute Gasteiger partial charge is 0.304 e. The number of nitrogens with zero attached hydrogens (tertiary/aromatic N) is 3. The summed E-state index contributed by atoms with van der Waals surface area (Å²) in [6.45, 7) is 14.9. The standard InChI is InChI=1S/C16H31N3/c1-4-17-7-5-14(6-8-17)12-18-9-10-19(13(2)3)16-11-15(16)18/h13-16H,4-12H2,1-3H3. The van der Waals surface area contributed by atoms with Crippen LogP contribution in [0, 0.1) is 5.92 Å². The molecule has 2 saturated heterocycles. The molecule has 0 aromatic rings. The number of rotatable bonds is 4. The van der Waals surface area contributed by atoms with Crippen molar-refractivity contribution in [2.45, 2.75) is 58.2 Å². The second-order valence-corrected chi connectivity index (χ2v) is 7.07. The van der Waals surface area contributed by atoms with Crippen LogP contribution in [0.5, 0.6) is 0 Å². The molecule has 110 valence electrons. The van der Waals surface area contributed by atoms with E-state index in [1.807, 2.05) is 0 Å². The fraction of sp³-hybridized carbons (Fsp3) is 1.00. The highest BCUT2D eigenvalue weighted by molar-refractivity contribution is 5.07. The van der Waals surface area contributed by atoms with Gasteiger partial charge in [-0.15, -0.1) is 0 Å². The Bertz CT molecular complexity index is 296. The van der Waals surface area contributed by atoms with Crippen molar-refractivity contribution >= 4 is 0 Å². The van der Waals surface area contributed by atoms with Crippen molar-refractivity contribution in [1.82, 2.24) is 14.7 Å². The predicted molar refractivity (Wildman–Crippen MR) is 80.4 cm³/mol. The molecule has 0 spiro atoms. The van der Waals surface area contributed by atoms with Crippen LogP contribution in [0.1, 0.15) is 40.0 Å². The second-order valence-electron chi connectivity index (χ2n) is 7.07. The number of piperazine rings is 1. The molecule has 0 aromatic carbocycles. The van der Waals surface area contributed by atoms with Gasteiger partial charge in [0.2, 0.25) is 0 Å². The molecule has 3 fully saturated rings.